The molecular formula is C14H16N2. The molecule has 0 fully saturated rings. The molecule has 1 unspecified atom stereocenters. The lowest BCUT2D eigenvalue weighted by Crippen LogP contribution is -1.99. The Bertz CT molecular complexity index is 531. The number of fused-ring (bicyclic) bond motifs is 1. The van der Waals surface area contributed by atoms with Gasteiger partial charge < -0.3 is 4.57 Å². The number of nitriles is 1. The third-order valence-electron chi connectivity index (χ3n) is 3.12. The Morgan fingerprint density at radius 2 is 2.12 bits per heavy atom. The first kappa shape index (κ1) is 10.8. The van der Waals surface area contributed by atoms with Crippen LogP contribution in [0.15, 0.2) is 30.5 Å². The van der Waals surface area contributed by atoms with Gasteiger partial charge in [0.15, 0.2) is 0 Å². The van der Waals surface area contributed by atoms with Gasteiger partial charge in [0, 0.05) is 24.1 Å². The zero-order valence-electron chi connectivity index (χ0n) is 9.77. The summed E-state index contributed by atoms with van der Waals surface area (Å²) in [5.74, 6) is 0.130. The summed E-state index contributed by atoms with van der Waals surface area (Å²) in [6.45, 7) is 2.07. The van der Waals surface area contributed by atoms with Crippen molar-refractivity contribution in [3.05, 3.63) is 36.0 Å². The third kappa shape index (κ3) is 1.81. The zero-order chi connectivity index (χ0) is 11.5. The zero-order valence-corrected chi connectivity index (χ0v) is 9.77. The summed E-state index contributed by atoms with van der Waals surface area (Å²) in [6.07, 6.45) is 3.92. The quantitative estimate of drug-likeness (QED) is 0.767. The summed E-state index contributed by atoms with van der Waals surface area (Å²) < 4.78 is 2.13. The Balaban J connectivity index is 2.42. The molecule has 1 heterocycles. The molecule has 0 aliphatic heterocycles. The van der Waals surface area contributed by atoms with Crippen LogP contribution in [0.1, 0.15) is 18.9 Å². The van der Waals surface area contributed by atoms with E-state index in [1.54, 1.807) is 0 Å². The van der Waals surface area contributed by atoms with Crippen molar-refractivity contribution in [2.75, 3.05) is 0 Å². The van der Waals surface area contributed by atoms with Gasteiger partial charge in [-0.05, 0) is 24.5 Å². The lowest BCUT2D eigenvalue weighted by molar-refractivity contribution is 0.639. The maximum absolute atomic E-state index is 9.01. The number of aromatic nitrogens is 1. The fourth-order valence-electron chi connectivity index (χ4n) is 2.13. The third-order valence-corrected chi connectivity index (χ3v) is 3.12. The van der Waals surface area contributed by atoms with E-state index in [0.29, 0.717) is 0 Å². The van der Waals surface area contributed by atoms with Crippen LogP contribution in [0.4, 0.5) is 0 Å². The fraction of sp³-hybridized carbons (Fsp3) is 0.357. The summed E-state index contributed by atoms with van der Waals surface area (Å²) in [7, 11) is 2.05. The Labute approximate surface area is 96.1 Å². The second kappa shape index (κ2) is 4.40. The van der Waals surface area contributed by atoms with Crippen LogP contribution < -0.4 is 0 Å². The van der Waals surface area contributed by atoms with Crippen LogP contribution in [0.2, 0.25) is 0 Å². The first-order chi connectivity index (χ1) is 7.76. The first-order valence-corrected chi connectivity index (χ1v) is 5.68. The fourth-order valence-corrected chi connectivity index (χ4v) is 2.13. The van der Waals surface area contributed by atoms with Gasteiger partial charge in [-0.25, -0.2) is 0 Å². The Kier molecular flexibility index (Phi) is 2.96. The predicted octanol–water partition coefficient (Wildman–Crippen LogP) is 3.27. The molecule has 1 aromatic heterocycles. The number of hydrogen-bond acceptors (Lipinski definition) is 1. The van der Waals surface area contributed by atoms with Crippen LogP contribution in [-0.2, 0) is 13.5 Å². The molecule has 16 heavy (non-hydrogen) atoms. The van der Waals surface area contributed by atoms with E-state index in [4.69, 9.17) is 5.26 Å². The van der Waals surface area contributed by atoms with Gasteiger partial charge in [-0.1, -0.05) is 25.1 Å². The van der Waals surface area contributed by atoms with Gasteiger partial charge in [0.25, 0.3) is 0 Å². The minimum Gasteiger partial charge on any atom is -0.350 e. The summed E-state index contributed by atoms with van der Waals surface area (Å²) >= 11 is 0. The van der Waals surface area contributed by atoms with Crippen molar-refractivity contribution in [2.24, 2.45) is 13.0 Å². The number of rotatable bonds is 3. The number of para-hydroxylation sites is 1. The minimum absolute atomic E-state index is 0.130. The van der Waals surface area contributed by atoms with E-state index in [-0.39, 0.29) is 5.92 Å². The van der Waals surface area contributed by atoms with E-state index in [9.17, 15) is 0 Å². The summed E-state index contributed by atoms with van der Waals surface area (Å²) in [5.41, 5.74) is 2.52. The number of aryl methyl sites for hydroxylation is 1. The molecule has 1 atom stereocenters. The lowest BCUT2D eigenvalue weighted by atomic mass is 9.98. The van der Waals surface area contributed by atoms with E-state index < -0.39 is 0 Å². The van der Waals surface area contributed by atoms with Gasteiger partial charge in [0.1, 0.15) is 0 Å². The van der Waals surface area contributed by atoms with E-state index in [1.807, 2.05) is 6.07 Å². The molecule has 82 valence electrons. The first-order valence-electron chi connectivity index (χ1n) is 5.68. The van der Waals surface area contributed by atoms with Crippen LogP contribution in [0.25, 0.3) is 10.9 Å². The molecule has 0 aliphatic rings. The van der Waals surface area contributed by atoms with Crippen LogP contribution in [-0.4, -0.2) is 4.57 Å². The van der Waals surface area contributed by atoms with E-state index in [0.717, 1.165) is 12.8 Å². The average molecular weight is 212 g/mol. The highest BCUT2D eigenvalue weighted by Crippen LogP contribution is 2.23. The molecule has 0 aliphatic carbocycles. The van der Waals surface area contributed by atoms with E-state index in [1.165, 1.54) is 16.5 Å². The highest BCUT2D eigenvalue weighted by atomic mass is 14.9. The largest absolute Gasteiger partial charge is 0.350 e. The second-order valence-corrected chi connectivity index (χ2v) is 4.22. The predicted molar refractivity (Wildman–Crippen MR) is 66.0 cm³/mol. The van der Waals surface area contributed by atoms with Crippen molar-refractivity contribution < 1.29 is 0 Å². The average Bonchev–Trinajstić information content (AvgIpc) is 2.64. The molecule has 2 heteroatoms. The van der Waals surface area contributed by atoms with E-state index >= 15 is 0 Å². The van der Waals surface area contributed by atoms with Gasteiger partial charge in [-0.15, -0.1) is 0 Å². The smallest absolute Gasteiger partial charge is 0.0659 e. The minimum atomic E-state index is 0.130. The van der Waals surface area contributed by atoms with Gasteiger partial charge in [-0.3, -0.25) is 0 Å². The van der Waals surface area contributed by atoms with Gasteiger partial charge in [0.2, 0.25) is 0 Å². The monoisotopic (exact) mass is 212 g/mol. The number of benzene rings is 1. The van der Waals surface area contributed by atoms with Crippen LogP contribution in [0.3, 0.4) is 0 Å². The molecule has 0 N–H and O–H groups in total. The molecular weight excluding hydrogens is 196 g/mol. The Morgan fingerprint density at radius 3 is 2.81 bits per heavy atom. The van der Waals surface area contributed by atoms with Crippen molar-refractivity contribution in [3.63, 3.8) is 0 Å². The standard InChI is InChI=1S/C14H16N2/c1-3-11(9-15)8-12-10-16(2)14-7-5-4-6-13(12)14/h4-7,10-11H,3,8H2,1-2H3. The second-order valence-electron chi connectivity index (χ2n) is 4.22. The molecule has 2 aromatic rings. The van der Waals surface area contributed by atoms with Gasteiger partial charge in [0.05, 0.1) is 12.0 Å². The van der Waals surface area contributed by atoms with Gasteiger partial charge >= 0.3 is 0 Å². The molecule has 0 spiro atoms. The molecule has 0 saturated carbocycles. The number of nitrogens with zero attached hydrogens (tertiary/aromatic N) is 2. The normalized spacial score (nSPS) is 12.6. The topological polar surface area (TPSA) is 28.7 Å². The molecule has 2 nitrogen and oxygen atoms in total. The summed E-state index contributed by atoms with van der Waals surface area (Å²) in [6, 6.07) is 10.7. The lowest BCUT2D eigenvalue weighted by Gasteiger charge is -2.03. The summed E-state index contributed by atoms with van der Waals surface area (Å²) in [4.78, 5) is 0. The van der Waals surface area contributed by atoms with Crippen molar-refractivity contribution >= 4 is 10.9 Å². The molecule has 0 saturated heterocycles. The Morgan fingerprint density at radius 1 is 1.38 bits per heavy atom. The van der Waals surface area contributed by atoms with Crippen molar-refractivity contribution in [2.45, 2.75) is 19.8 Å². The van der Waals surface area contributed by atoms with Gasteiger partial charge in [-0.2, -0.15) is 5.26 Å². The molecule has 0 radical (unpaired) electrons. The molecule has 0 amide bonds. The highest BCUT2D eigenvalue weighted by Gasteiger charge is 2.11. The van der Waals surface area contributed by atoms with Crippen LogP contribution in [0.5, 0.6) is 0 Å². The molecule has 2 rings (SSSR count). The maximum Gasteiger partial charge on any atom is 0.0659 e. The highest BCUT2D eigenvalue weighted by molar-refractivity contribution is 5.83. The van der Waals surface area contributed by atoms with Crippen molar-refractivity contribution in [1.82, 2.24) is 4.57 Å². The van der Waals surface area contributed by atoms with Crippen molar-refractivity contribution in [3.8, 4) is 6.07 Å². The van der Waals surface area contributed by atoms with Crippen LogP contribution in [0, 0.1) is 17.2 Å². The SMILES string of the molecule is CCC(C#N)Cc1cn(C)c2ccccc12. The van der Waals surface area contributed by atoms with Crippen LogP contribution >= 0.6 is 0 Å². The summed E-state index contributed by atoms with van der Waals surface area (Å²) in [5, 5.41) is 10.3. The maximum atomic E-state index is 9.01. The molecule has 1 aromatic carbocycles. The Hall–Kier alpha value is -1.75. The van der Waals surface area contributed by atoms with Crippen molar-refractivity contribution in [1.29, 1.82) is 5.26 Å². The van der Waals surface area contributed by atoms with E-state index in [2.05, 4.69) is 49.0 Å². The number of hydrogen-bond donors (Lipinski definition) is 0. The molecule has 0 bridgehead atoms.